The van der Waals surface area contributed by atoms with Gasteiger partial charge in [-0.05, 0) is 54.5 Å². The lowest BCUT2D eigenvalue weighted by Gasteiger charge is -2.19. The number of nitrogens with zero attached hydrogens (tertiary/aromatic N) is 1. The van der Waals surface area contributed by atoms with Gasteiger partial charge in [0.1, 0.15) is 0 Å². The molecule has 5 nitrogen and oxygen atoms in total. The molecule has 3 rings (SSSR count). The molecule has 0 atom stereocenters. The van der Waals surface area contributed by atoms with Crippen LogP contribution >= 0.6 is 0 Å². The number of hydrogen-bond donors (Lipinski definition) is 0. The Labute approximate surface area is 182 Å². The summed E-state index contributed by atoms with van der Waals surface area (Å²) in [6.07, 6.45) is 2.72. The zero-order valence-corrected chi connectivity index (χ0v) is 18.6. The van der Waals surface area contributed by atoms with Crippen molar-refractivity contribution in [3.63, 3.8) is 0 Å². The third-order valence-corrected chi connectivity index (χ3v) is 4.86. The first-order chi connectivity index (χ1) is 14.7. The van der Waals surface area contributed by atoms with Crippen LogP contribution in [0.25, 0.3) is 22.0 Å². The summed E-state index contributed by atoms with van der Waals surface area (Å²) < 4.78 is 10.6. The Balaban J connectivity index is 2.04. The maximum absolute atomic E-state index is 12.3. The first-order valence-electron chi connectivity index (χ1n) is 10.3. The van der Waals surface area contributed by atoms with Gasteiger partial charge in [0.25, 0.3) is 0 Å². The average molecular weight is 418 g/mol. The molecular weight excluding hydrogens is 390 g/mol. The van der Waals surface area contributed by atoms with Gasteiger partial charge in [-0.2, -0.15) is 0 Å². The molecule has 0 N–H and O–H groups in total. The molecule has 1 heterocycles. The Bertz CT molecular complexity index is 1140. The molecular formula is C26H27NO4. The van der Waals surface area contributed by atoms with Gasteiger partial charge in [0.2, 0.25) is 5.88 Å². The van der Waals surface area contributed by atoms with Crippen LogP contribution in [0.5, 0.6) is 5.88 Å². The van der Waals surface area contributed by atoms with Gasteiger partial charge >= 0.3 is 11.9 Å². The van der Waals surface area contributed by atoms with Gasteiger partial charge < -0.3 is 9.47 Å². The minimum atomic E-state index is -0.698. The minimum Gasteiger partial charge on any atom is -0.478 e. The van der Waals surface area contributed by atoms with Crippen molar-refractivity contribution in [1.82, 2.24) is 4.98 Å². The quantitative estimate of drug-likeness (QED) is 0.296. The highest BCUT2D eigenvalue weighted by Gasteiger charge is 2.16. The summed E-state index contributed by atoms with van der Waals surface area (Å²) in [6, 6.07) is 15.2. The molecule has 0 saturated heterocycles. The highest BCUT2D eigenvalue weighted by atomic mass is 16.6. The van der Waals surface area contributed by atoms with E-state index in [4.69, 9.17) is 14.5 Å². The largest absolute Gasteiger partial charge is 0.478 e. The molecule has 0 radical (unpaired) electrons. The second kappa shape index (κ2) is 9.13. The highest BCUT2D eigenvalue weighted by Crippen LogP contribution is 2.31. The van der Waals surface area contributed by atoms with Gasteiger partial charge in [-0.15, -0.1) is 0 Å². The van der Waals surface area contributed by atoms with Crippen LogP contribution in [-0.2, 0) is 14.9 Å². The first kappa shape index (κ1) is 22.2. The fourth-order valence-corrected chi connectivity index (χ4v) is 3.21. The van der Waals surface area contributed by atoms with Crippen LogP contribution in [-0.4, -0.2) is 23.5 Å². The molecule has 0 aliphatic carbocycles. The van der Waals surface area contributed by atoms with E-state index in [0.29, 0.717) is 12.5 Å². The molecule has 0 fully saturated rings. The topological polar surface area (TPSA) is 65.5 Å². The lowest BCUT2D eigenvalue weighted by Crippen LogP contribution is -2.10. The van der Waals surface area contributed by atoms with E-state index in [0.717, 1.165) is 22.0 Å². The third-order valence-electron chi connectivity index (χ3n) is 4.86. The Kier molecular flexibility index (Phi) is 6.54. The summed E-state index contributed by atoms with van der Waals surface area (Å²) in [5.74, 6) is -0.896. The predicted octanol–water partition coefficient (Wildman–Crippen LogP) is 5.86. The summed E-state index contributed by atoms with van der Waals surface area (Å²) in [5.41, 5.74) is 3.27. The average Bonchev–Trinajstić information content (AvgIpc) is 2.73. The number of hydrogen-bond acceptors (Lipinski definition) is 5. The van der Waals surface area contributed by atoms with Gasteiger partial charge in [-0.3, -0.25) is 0 Å². The van der Waals surface area contributed by atoms with Crippen LogP contribution in [0.2, 0.25) is 0 Å². The van der Waals surface area contributed by atoms with Gasteiger partial charge in [-0.1, -0.05) is 51.1 Å². The van der Waals surface area contributed by atoms with Crippen molar-refractivity contribution in [3.8, 4) is 17.1 Å². The number of allylic oxidation sites excluding steroid dienone is 1. The number of ether oxygens (including phenoxy) is 2. The number of carbonyl (C=O) groups excluding carboxylic acids is 2. The summed E-state index contributed by atoms with van der Waals surface area (Å²) in [5, 5.41) is 1.56. The Morgan fingerprint density at radius 3 is 2.35 bits per heavy atom. The van der Waals surface area contributed by atoms with Gasteiger partial charge in [-0.25, -0.2) is 14.6 Å². The molecule has 0 saturated carbocycles. The molecule has 0 bridgehead atoms. The van der Waals surface area contributed by atoms with E-state index in [1.54, 1.807) is 25.1 Å². The Morgan fingerprint density at radius 2 is 1.74 bits per heavy atom. The third kappa shape index (κ3) is 5.18. The fourth-order valence-electron chi connectivity index (χ4n) is 3.21. The lowest BCUT2D eigenvalue weighted by atomic mass is 9.86. The smallest absolute Gasteiger partial charge is 0.346 e. The van der Waals surface area contributed by atoms with E-state index in [2.05, 4.69) is 32.9 Å². The normalized spacial score (nSPS) is 11.6. The maximum Gasteiger partial charge on any atom is 0.346 e. The van der Waals surface area contributed by atoms with E-state index in [1.807, 2.05) is 25.1 Å². The lowest BCUT2D eigenvalue weighted by molar-refractivity contribution is -0.132. The summed E-state index contributed by atoms with van der Waals surface area (Å²) >= 11 is 0. The molecule has 31 heavy (non-hydrogen) atoms. The van der Waals surface area contributed by atoms with Crippen molar-refractivity contribution in [2.75, 3.05) is 6.61 Å². The van der Waals surface area contributed by atoms with Crippen molar-refractivity contribution in [1.29, 1.82) is 0 Å². The zero-order chi connectivity index (χ0) is 22.6. The zero-order valence-electron chi connectivity index (χ0n) is 18.6. The van der Waals surface area contributed by atoms with Crippen LogP contribution < -0.4 is 4.74 Å². The molecule has 0 aliphatic heterocycles. The number of carbonyl (C=O) groups is 2. The maximum atomic E-state index is 12.3. The van der Waals surface area contributed by atoms with Crippen LogP contribution in [0.1, 0.15) is 50.5 Å². The van der Waals surface area contributed by atoms with Crippen LogP contribution in [0.4, 0.5) is 0 Å². The van der Waals surface area contributed by atoms with E-state index < -0.39 is 11.9 Å². The van der Waals surface area contributed by atoms with Gasteiger partial charge in [0, 0.05) is 17.0 Å². The second-order valence-corrected chi connectivity index (χ2v) is 8.22. The van der Waals surface area contributed by atoms with Crippen molar-refractivity contribution < 1.29 is 19.1 Å². The van der Waals surface area contributed by atoms with E-state index in [-0.39, 0.29) is 11.0 Å². The Hall–Kier alpha value is -3.47. The Morgan fingerprint density at radius 1 is 1.03 bits per heavy atom. The number of aromatic nitrogens is 1. The molecule has 0 aliphatic rings. The van der Waals surface area contributed by atoms with Gasteiger partial charge in [0.15, 0.2) is 0 Å². The van der Waals surface area contributed by atoms with Crippen molar-refractivity contribution >= 4 is 22.7 Å². The number of esters is 2. The summed E-state index contributed by atoms with van der Waals surface area (Å²) in [4.78, 5) is 28.7. The predicted molar refractivity (Wildman–Crippen MR) is 122 cm³/mol. The highest BCUT2D eigenvalue weighted by molar-refractivity contribution is 6.03. The molecule has 3 aromatic rings. The van der Waals surface area contributed by atoms with E-state index >= 15 is 0 Å². The van der Waals surface area contributed by atoms with Crippen molar-refractivity contribution in [3.05, 3.63) is 71.8 Å². The minimum absolute atomic E-state index is 0.0610. The summed E-state index contributed by atoms with van der Waals surface area (Å²) in [7, 11) is 0. The molecule has 0 unspecified atom stereocenters. The van der Waals surface area contributed by atoms with Crippen molar-refractivity contribution in [2.45, 2.75) is 40.0 Å². The number of benzene rings is 2. The SMILES string of the molecule is C/C=C/C(=O)OC(=O)c1ccc2c(OCC)nc(-c3ccc(C(C)(C)C)cc3)cc2c1. The van der Waals surface area contributed by atoms with Crippen LogP contribution in [0.15, 0.2) is 60.7 Å². The second-order valence-electron chi connectivity index (χ2n) is 8.22. The number of rotatable bonds is 5. The van der Waals surface area contributed by atoms with Gasteiger partial charge in [0.05, 0.1) is 17.9 Å². The first-order valence-corrected chi connectivity index (χ1v) is 10.3. The monoisotopic (exact) mass is 417 g/mol. The van der Waals surface area contributed by atoms with E-state index in [9.17, 15) is 9.59 Å². The molecule has 1 aromatic heterocycles. The summed E-state index contributed by atoms with van der Waals surface area (Å²) in [6.45, 7) is 10.6. The number of fused-ring (bicyclic) bond motifs is 1. The molecule has 0 spiro atoms. The van der Waals surface area contributed by atoms with Crippen LogP contribution in [0, 0.1) is 0 Å². The molecule has 0 amide bonds. The fraction of sp³-hybridized carbons (Fsp3) is 0.269. The van der Waals surface area contributed by atoms with E-state index in [1.165, 1.54) is 17.7 Å². The van der Waals surface area contributed by atoms with Crippen molar-refractivity contribution in [2.24, 2.45) is 0 Å². The standard InChI is InChI=1S/C26H27NO4/c1-6-8-23(28)31-25(29)18-11-14-21-19(15-18)16-22(27-24(21)30-7-2)17-9-12-20(13-10-17)26(3,4)5/h6,8-16H,7H2,1-5H3/b8-6+. The molecule has 160 valence electrons. The van der Waals surface area contributed by atoms with Crippen LogP contribution in [0.3, 0.4) is 0 Å². The molecule has 2 aromatic carbocycles. The molecule has 5 heteroatoms. The number of pyridine rings is 1.